The monoisotopic (exact) mass is 391 g/mol. The van der Waals surface area contributed by atoms with Crippen molar-refractivity contribution < 1.29 is 18.7 Å². The van der Waals surface area contributed by atoms with Gasteiger partial charge in [0.1, 0.15) is 5.58 Å². The third-order valence-corrected chi connectivity index (χ3v) is 5.57. The summed E-state index contributed by atoms with van der Waals surface area (Å²) in [7, 11) is 1.32. The van der Waals surface area contributed by atoms with E-state index in [1.807, 2.05) is 26.8 Å². The van der Waals surface area contributed by atoms with Gasteiger partial charge in [-0.15, -0.1) is 0 Å². The summed E-state index contributed by atoms with van der Waals surface area (Å²) in [5.41, 5.74) is 3.69. The van der Waals surface area contributed by atoms with Crippen molar-refractivity contribution in [3.8, 4) is 0 Å². The first-order valence-electron chi connectivity index (χ1n) is 9.44. The summed E-state index contributed by atoms with van der Waals surface area (Å²) < 4.78 is 10.7. The topological polar surface area (TPSA) is 76.8 Å². The van der Waals surface area contributed by atoms with Gasteiger partial charge in [-0.2, -0.15) is 0 Å². The molecule has 148 valence electrons. The van der Waals surface area contributed by atoms with Crippen LogP contribution >= 0.6 is 0 Å². The average molecular weight is 391 g/mol. The van der Waals surface area contributed by atoms with Gasteiger partial charge in [0.2, 0.25) is 5.76 Å². The molecule has 0 radical (unpaired) electrons. The third kappa shape index (κ3) is 2.83. The zero-order chi connectivity index (χ0) is 20.9. The maximum absolute atomic E-state index is 13.4. The molecule has 2 aromatic carbocycles. The van der Waals surface area contributed by atoms with Crippen molar-refractivity contribution in [3.05, 3.63) is 80.2 Å². The standard InChI is InChI=1S/C23H21NO5/c1-5-24-19(14-6-8-15(9-7-14)23(27)28-4)18-20(25)16-10-12(2)13(3)11-17(16)29-21(18)22(24)26/h6-11,19H,5H2,1-4H3. The summed E-state index contributed by atoms with van der Waals surface area (Å²) in [6, 6.07) is 9.80. The molecule has 0 spiro atoms. The van der Waals surface area contributed by atoms with Gasteiger partial charge in [-0.25, -0.2) is 4.79 Å². The van der Waals surface area contributed by atoms with E-state index in [2.05, 4.69) is 0 Å². The molecular weight excluding hydrogens is 370 g/mol. The molecule has 3 aromatic rings. The van der Waals surface area contributed by atoms with E-state index in [-0.39, 0.29) is 17.1 Å². The summed E-state index contributed by atoms with van der Waals surface area (Å²) in [4.78, 5) is 39.7. The first kappa shape index (κ1) is 18.9. The molecule has 1 atom stereocenters. The second-order valence-electron chi connectivity index (χ2n) is 7.21. The largest absolute Gasteiger partial charge is 0.465 e. The van der Waals surface area contributed by atoms with Crippen LogP contribution < -0.4 is 5.43 Å². The van der Waals surface area contributed by atoms with Crippen molar-refractivity contribution in [2.24, 2.45) is 0 Å². The van der Waals surface area contributed by atoms with Gasteiger partial charge in [0.05, 0.1) is 29.7 Å². The first-order chi connectivity index (χ1) is 13.9. The minimum Gasteiger partial charge on any atom is -0.465 e. The Hall–Kier alpha value is -3.41. The van der Waals surface area contributed by atoms with Crippen LogP contribution in [0.25, 0.3) is 11.0 Å². The number of methoxy groups -OCH3 is 1. The summed E-state index contributed by atoms with van der Waals surface area (Å²) in [5, 5.41) is 0.466. The van der Waals surface area contributed by atoms with Gasteiger partial charge in [-0.05, 0) is 61.7 Å². The van der Waals surface area contributed by atoms with Gasteiger partial charge in [-0.3, -0.25) is 9.59 Å². The van der Waals surface area contributed by atoms with Gasteiger partial charge in [-0.1, -0.05) is 12.1 Å². The van der Waals surface area contributed by atoms with Gasteiger partial charge >= 0.3 is 5.97 Å². The number of carbonyl (C=O) groups is 2. The zero-order valence-corrected chi connectivity index (χ0v) is 16.7. The number of rotatable bonds is 3. The van der Waals surface area contributed by atoms with Crippen LogP contribution in [0.3, 0.4) is 0 Å². The number of amides is 1. The fourth-order valence-corrected chi connectivity index (χ4v) is 3.87. The minimum absolute atomic E-state index is 0.0923. The Morgan fingerprint density at radius 3 is 2.38 bits per heavy atom. The zero-order valence-electron chi connectivity index (χ0n) is 16.7. The number of esters is 1. The van der Waals surface area contributed by atoms with Crippen molar-refractivity contribution in [1.82, 2.24) is 4.90 Å². The number of carbonyl (C=O) groups excluding carboxylic acids is 2. The van der Waals surface area contributed by atoms with Gasteiger partial charge in [0.15, 0.2) is 5.43 Å². The van der Waals surface area contributed by atoms with E-state index in [1.54, 1.807) is 35.2 Å². The highest BCUT2D eigenvalue weighted by molar-refractivity contribution is 5.99. The van der Waals surface area contributed by atoms with E-state index >= 15 is 0 Å². The summed E-state index contributed by atoms with van der Waals surface area (Å²) in [6.45, 7) is 6.15. The van der Waals surface area contributed by atoms with Crippen LogP contribution in [0.5, 0.6) is 0 Å². The molecule has 4 rings (SSSR count). The van der Waals surface area contributed by atoms with Crippen molar-refractivity contribution in [3.63, 3.8) is 0 Å². The Morgan fingerprint density at radius 2 is 1.76 bits per heavy atom. The van der Waals surface area contributed by atoms with Crippen LogP contribution in [-0.4, -0.2) is 30.4 Å². The number of hydrogen-bond acceptors (Lipinski definition) is 5. The maximum atomic E-state index is 13.4. The normalized spacial score (nSPS) is 15.7. The van der Waals surface area contributed by atoms with E-state index in [0.717, 1.165) is 16.7 Å². The van der Waals surface area contributed by atoms with E-state index in [9.17, 15) is 14.4 Å². The number of ether oxygens (including phenoxy) is 1. The third-order valence-electron chi connectivity index (χ3n) is 5.57. The fourth-order valence-electron chi connectivity index (χ4n) is 3.87. The van der Waals surface area contributed by atoms with Gasteiger partial charge in [0.25, 0.3) is 5.91 Å². The molecule has 1 aromatic heterocycles. The van der Waals surface area contributed by atoms with E-state index in [1.165, 1.54) is 7.11 Å². The van der Waals surface area contributed by atoms with Crippen molar-refractivity contribution >= 4 is 22.8 Å². The number of nitrogens with zero attached hydrogens (tertiary/aromatic N) is 1. The van der Waals surface area contributed by atoms with Crippen molar-refractivity contribution in [2.75, 3.05) is 13.7 Å². The molecule has 0 fully saturated rings. The molecule has 2 heterocycles. The molecule has 6 nitrogen and oxygen atoms in total. The quantitative estimate of drug-likeness (QED) is 0.636. The number of hydrogen-bond donors (Lipinski definition) is 0. The SMILES string of the molecule is CCN1C(=O)c2oc3cc(C)c(C)cc3c(=O)c2C1c1ccc(C(=O)OC)cc1. The van der Waals surface area contributed by atoms with E-state index in [4.69, 9.17) is 9.15 Å². The molecule has 0 saturated heterocycles. The highest BCUT2D eigenvalue weighted by atomic mass is 16.5. The smallest absolute Gasteiger partial charge is 0.337 e. The van der Waals surface area contributed by atoms with Crippen LogP contribution in [0, 0.1) is 13.8 Å². The van der Waals surface area contributed by atoms with Crippen LogP contribution in [0.1, 0.15) is 56.1 Å². The minimum atomic E-state index is -0.559. The molecule has 0 bridgehead atoms. The molecular formula is C23H21NO5. The predicted octanol–water partition coefficient (Wildman–Crippen LogP) is 3.76. The number of benzene rings is 2. The lowest BCUT2D eigenvalue weighted by molar-refractivity contribution is 0.0600. The second kappa shape index (κ2) is 6.88. The Bertz CT molecular complexity index is 1210. The maximum Gasteiger partial charge on any atom is 0.337 e. The number of aryl methyl sites for hydroxylation is 2. The Morgan fingerprint density at radius 1 is 1.10 bits per heavy atom. The van der Waals surface area contributed by atoms with Crippen molar-refractivity contribution in [2.45, 2.75) is 26.8 Å². The molecule has 0 aliphatic carbocycles. The molecule has 29 heavy (non-hydrogen) atoms. The molecule has 1 unspecified atom stereocenters. The Kier molecular flexibility index (Phi) is 4.49. The van der Waals surface area contributed by atoms with Crippen LogP contribution in [0.4, 0.5) is 0 Å². The van der Waals surface area contributed by atoms with Crippen LogP contribution in [0.15, 0.2) is 45.6 Å². The summed E-state index contributed by atoms with van der Waals surface area (Å²) in [6.07, 6.45) is 0. The summed E-state index contributed by atoms with van der Waals surface area (Å²) in [5.74, 6) is -0.653. The van der Waals surface area contributed by atoms with E-state index < -0.39 is 12.0 Å². The lowest BCUT2D eigenvalue weighted by Crippen LogP contribution is -2.29. The number of fused-ring (bicyclic) bond motifs is 2. The summed E-state index contributed by atoms with van der Waals surface area (Å²) >= 11 is 0. The molecule has 0 saturated carbocycles. The van der Waals surface area contributed by atoms with Crippen LogP contribution in [0.2, 0.25) is 0 Å². The highest BCUT2D eigenvalue weighted by Gasteiger charge is 2.42. The molecule has 1 aliphatic heterocycles. The molecule has 1 amide bonds. The van der Waals surface area contributed by atoms with Crippen molar-refractivity contribution in [1.29, 1.82) is 0 Å². The van der Waals surface area contributed by atoms with Crippen LogP contribution in [-0.2, 0) is 4.74 Å². The highest BCUT2D eigenvalue weighted by Crippen LogP contribution is 2.38. The Labute approximate surface area is 167 Å². The first-order valence-corrected chi connectivity index (χ1v) is 9.44. The van der Waals surface area contributed by atoms with Gasteiger partial charge < -0.3 is 14.1 Å². The lowest BCUT2D eigenvalue weighted by atomic mass is 9.96. The van der Waals surface area contributed by atoms with Gasteiger partial charge in [0, 0.05) is 6.54 Å². The molecule has 6 heteroatoms. The Balaban J connectivity index is 1.94. The second-order valence-corrected chi connectivity index (χ2v) is 7.21. The molecule has 1 aliphatic rings. The molecule has 0 N–H and O–H groups in total. The average Bonchev–Trinajstić information content (AvgIpc) is 3.01. The lowest BCUT2D eigenvalue weighted by Gasteiger charge is -2.23. The predicted molar refractivity (Wildman–Crippen MR) is 108 cm³/mol. The fraction of sp³-hybridized carbons (Fsp3) is 0.261. The van der Waals surface area contributed by atoms with E-state index in [0.29, 0.717) is 28.6 Å².